The second-order valence-electron chi connectivity index (χ2n) is 4.02. The third kappa shape index (κ3) is 2.22. The van der Waals surface area contributed by atoms with E-state index in [1.54, 1.807) is 18.2 Å². The van der Waals surface area contributed by atoms with Gasteiger partial charge in [-0.25, -0.2) is 0 Å². The van der Waals surface area contributed by atoms with Gasteiger partial charge in [-0.05, 0) is 34.1 Å². The summed E-state index contributed by atoms with van der Waals surface area (Å²) in [6.45, 7) is 0.153. The number of hydrogen-bond donors (Lipinski definition) is 1. The van der Waals surface area contributed by atoms with E-state index in [1.807, 2.05) is 6.07 Å². The Labute approximate surface area is 112 Å². The Kier molecular flexibility index (Phi) is 3.34. The lowest BCUT2D eigenvalue weighted by Crippen LogP contribution is -2.25. The van der Waals surface area contributed by atoms with Gasteiger partial charge in [-0.3, -0.25) is 9.59 Å². The number of benzene rings is 1. The fourth-order valence-corrected chi connectivity index (χ4v) is 2.22. The highest BCUT2D eigenvalue weighted by molar-refractivity contribution is 9.10. The zero-order valence-corrected chi connectivity index (χ0v) is 10.8. The van der Waals surface area contributed by atoms with E-state index in [9.17, 15) is 9.59 Å². The van der Waals surface area contributed by atoms with Crippen LogP contribution in [0.4, 0.5) is 5.69 Å². The van der Waals surface area contributed by atoms with Crippen molar-refractivity contribution >= 4 is 33.5 Å². The van der Waals surface area contributed by atoms with Crippen LogP contribution in [0.2, 0.25) is 0 Å². The molecule has 1 atom stereocenters. The summed E-state index contributed by atoms with van der Waals surface area (Å²) in [5, 5.41) is 17.8. The molecule has 5 nitrogen and oxygen atoms in total. The molecule has 92 valence electrons. The van der Waals surface area contributed by atoms with Gasteiger partial charge in [0.25, 0.3) is 0 Å². The first-order chi connectivity index (χ1) is 8.52. The number of carboxylic acids is 1. The van der Waals surface area contributed by atoms with Crippen LogP contribution in [-0.4, -0.2) is 23.5 Å². The number of hydrogen-bond acceptors (Lipinski definition) is 3. The van der Waals surface area contributed by atoms with Crippen molar-refractivity contribution in [2.75, 3.05) is 11.4 Å². The van der Waals surface area contributed by atoms with Gasteiger partial charge in [0.2, 0.25) is 5.91 Å². The summed E-state index contributed by atoms with van der Waals surface area (Å²) in [5.41, 5.74) is 0.975. The lowest BCUT2D eigenvalue weighted by Gasteiger charge is -2.16. The Bertz CT molecular complexity index is 565. The number of carbonyl (C=O) groups is 2. The summed E-state index contributed by atoms with van der Waals surface area (Å²) in [4.78, 5) is 24.0. The topological polar surface area (TPSA) is 81.4 Å². The van der Waals surface area contributed by atoms with Crippen molar-refractivity contribution in [1.29, 1.82) is 5.26 Å². The molecular weight excluding hydrogens is 300 g/mol. The molecule has 0 radical (unpaired) electrons. The van der Waals surface area contributed by atoms with Crippen molar-refractivity contribution < 1.29 is 14.7 Å². The minimum Gasteiger partial charge on any atom is -0.481 e. The summed E-state index contributed by atoms with van der Waals surface area (Å²) >= 11 is 3.23. The first kappa shape index (κ1) is 12.6. The first-order valence-electron chi connectivity index (χ1n) is 5.25. The average Bonchev–Trinajstić information content (AvgIpc) is 2.72. The maximum atomic E-state index is 11.7. The molecule has 1 unspecified atom stereocenters. The summed E-state index contributed by atoms with van der Waals surface area (Å²) in [6, 6.07) is 6.95. The van der Waals surface area contributed by atoms with Crippen molar-refractivity contribution in [1.82, 2.24) is 0 Å². The van der Waals surface area contributed by atoms with Crippen molar-refractivity contribution in [3.63, 3.8) is 0 Å². The number of carboxylic acid groups (broad SMARTS) is 1. The Hall–Kier alpha value is -1.87. The minimum absolute atomic E-state index is 0.00723. The van der Waals surface area contributed by atoms with E-state index < -0.39 is 11.9 Å². The van der Waals surface area contributed by atoms with E-state index in [0.29, 0.717) is 15.7 Å². The van der Waals surface area contributed by atoms with Crippen LogP contribution in [0.15, 0.2) is 22.7 Å². The number of anilines is 1. The molecule has 1 aromatic rings. The normalized spacial score (nSPS) is 18.8. The van der Waals surface area contributed by atoms with Crippen molar-refractivity contribution in [2.45, 2.75) is 6.42 Å². The molecule has 0 saturated carbocycles. The Morgan fingerprint density at radius 2 is 2.28 bits per heavy atom. The predicted molar refractivity (Wildman–Crippen MR) is 67.0 cm³/mol. The van der Waals surface area contributed by atoms with Crippen LogP contribution in [0.1, 0.15) is 12.0 Å². The van der Waals surface area contributed by atoms with Gasteiger partial charge in [0.05, 0.1) is 11.5 Å². The van der Waals surface area contributed by atoms with E-state index in [-0.39, 0.29) is 18.9 Å². The summed E-state index contributed by atoms with van der Waals surface area (Å²) in [5.74, 6) is -1.87. The third-order valence-electron chi connectivity index (χ3n) is 2.86. The summed E-state index contributed by atoms with van der Waals surface area (Å²) in [7, 11) is 0. The standard InChI is InChI=1S/C12H9BrN2O3/c13-10-2-1-9(3-7(10)5-14)15-6-8(12(17)18)4-11(15)16/h1-3,8H,4,6H2,(H,17,18). The lowest BCUT2D eigenvalue weighted by atomic mass is 10.1. The molecule has 0 bridgehead atoms. The van der Waals surface area contributed by atoms with Crippen LogP contribution < -0.4 is 4.90 Å². The summed E-state index contributed by atoms with van der Waals surface area (Å²) < 4.78 is 0.648. The highest BCUT2D eigenvalue weighted by Crippen LogP contribution is 2.28. The molecule has 1 saturated heterocycles. The van der Waals surface area contributed by atoms with Gasteiger partial charge in [-0.15, -0.1) is 0 Å². The quantitative estimate of drug-likeness (QED) is 0.902. The van der Waals surface area contributed by atoms with E-state index >= 15 is 0 Å². The van der Waals surface area contributed by atoms with Crippen molar-refractivity contribution in [3.05, 3.63) is 28.2 Å². The molecule has 6 heteroatoms. The van der Waals surface area contributed by atoms with E-state index in [0.717, 1.165) is 0 Å². The molecule has 1 amide bonds. The van der Waals surface area contributed by atoms with Crippen LogP contribution in [0.25, 0.3) is 0 Å². The third-order valence-corrected chi connectivity index (χ3v) is 3.55. The second-order valence-corrected chi connectivity index (χ2v) is 4.87. The largest absolute Gasteiger partial charge is 0.481 e. The number of aliphatic carboxylic acids is 1. The number of rotatable bonds is 2. The Morgan fingerprint density at radius 3 is 2.83 bits per heavy atom. The zero-order valence-electron chi connectivity index (χ0n) is 9.26. The molecule has 0 aliphatic carbocycles. The highest BCUT2D eigenvalue weighted by atomic mass is 79.9. The van der Waals surface area contributed by atoms with Gasteiger partial charge >= 0.3 is 5.97 Å². The van der Waals surface area contributed by atoms with Crippen LogP contribution in [-0.2, 0) is 9.59 Å². The number of carbonyl (C=O) groups excluding carboxylic acids is 1. The molecule has 1 N–H and O–H groups in total. The SMILES string of the molecule is N#Cc1cc(N2CC(C(=O)O)CC2=O)ccc1Br. The Balaban J connectivity index is 2.30. The highest BCUT2D eigenvalue weighted by Gasteiger charge is 2.35. The first-order valence-corrected chi connectivity index (χ1v) is 6.05. The lowest BCUT2D eigenvalue weighted by molar-refractivity contribution is -0.141. The van der Waals surface area contributed by atoms with E-state index in [4.69, 9.17) is 10.4 Å². The summed E-state index contributed by atoms with van der Waals surface area (Å²) in [6.07, 6.45) is 0.00723. The van der Waals surface area contributed by atoms with E-state index in [1.165, 1.54) is 4.90 Å². The molecule has 0 spiro atoms. The molecule has 1 fully saturated rings. The molecule has 2 rings (SSSR count). The minimum atomic E-state index is -0.969. The van der Waals surface area contributed by atoms with E-state index in [2.05, 4.69) is 15.9 Å². The zero-order chi connectivity index (χ0) is 13.3. The molecule has 1 aliphatic heterocycles. The number of nitrogens with zero attached hydrogens (tertiary/aromatic N) is 2. The maximum absolute atomic E-state index is 11.7. The molecule has 0 aromatic heterocycles. The van der Waals surface area contributed by atoms with Crippen molar-refractivity contribution in [3.8, 4) is 6.07 Å². The van der Waals surface area contributed by atoms with Gasteiger partial charge in [0.1, 0.15) is 6.07 Å². The van der Waals surface area contributed by atoms with Crippen LogP contribution in [0, 0.1) is 17.2 Å². The molecule has 1 aromatic carbocycles. The van der Waals surface area contributed by atoms with Crippen molar-refractivity contribution in [2.24, 2.45) is 5.92 Å². The fraction of sp³-hybridized carbons (Fsp3) is 0.250. The van der Waals surface area contributed by atoms with Crippen LogP contribution >= 0.6 is 15.9 Å². The van der Waals surface area contributed by atoms with Crippen LogP contribution in [0.5, 0.6) is 0 Å². The smallest absolute Gasteiger partial charge is 0.308 e. The molecule has 1 heterocycles. The van der Waals surface area contributed by atoms with Gasteiger partial charge in [-0.1, -0.05) is 0 Å². The average molecular weight is 309 g/mol. The van der Waals surface area contributed by atoms with Gasteiger partial charge in [0, 0.05) is 23.1 Å². The number of amides is 1. The number of nitriles is 1. The maximum Gasteiger partial charge on any atom is 0.308 e. The monoisotopic (exact) mass is 308 g/mol. The Morgan fingerprint density at radius 1 is 1.56 bits per heavy atom. The number of halogens is 1. The second kappa shape index (κ2) is 4.78. The van der Waals surface area contributed by atoms with Gasteiger partial charge in [0.15, 0.2) is 0 Å². The predicted octanol–water partition coefficient (Wildman–Crippen LogP) is 1.76. The van der Waals surface area contributed by atoms with Crippen LogP contribution in [0.3, 0.4) is 0 Å². The van der Waals surface area contributed by atoms with Gasteiger partial charge in [-0.2, -0.15) is 5.26 Å². The molecule has 18 heavy (non-hydrogen) atoms. The fourth-order valence-electron chi connectivity index (χ4n) is 1.89. The molecule has 1 aliphatic rings. The van der Waals surface area contributed by atoms with Gasteiger partial charge < -0.3 is 10.0 Å². The molecular formula is C12H9BrN2O3.